The van der Waals surface area contributed by atoms with Crippen LogP contribution in [0.5, 0.6) is 0 Å². The van der Waals surface area contributed by atoms with Crippen molar-refractivity contribution in [3.8, 4) is 0 Å². The number of thiazole rings is 1. The van der Waals surface area contributed by atoms with Gasteiger partial charge in [-0.05, 0) is 19.4 Å². The summed E-state index contributed by atoms with van der Waals surface area (Å²) in [5.41, 5.74) is 0. The zero-order valence-electron chi connectivity index (χ0n) is 10.0. The summed E-state index contributed by atoms with van der Waals surface area (Å²) >= 11 is 3.52. The molecule has 0 fully saturated rings. The van der Waals surface area contributed by atoms with Gasteiger partial charge in [-0.15, -0.1) is 23.1 Å². The Morgan fingerprint density at radius 1 is 1.53 bits per heavy atom. The normalized spacial score (nSPS) is 10.7. The van der Waals surface area contributed by atoms with Gasteiger partial charge in [0.05, 0.1) is 6.26 Å². The maximum absolute atomic E-state index is 5.27. The first-order valence-corrected chi connectivity index (χ1v) is 7.45. The van der Waals surface area contributed by atoms with E-state index in [4.69, 9.17) is 4.42 Å². The fraction of sp³-hybridized carbons (Fsp3) is 0.417. The van der Waals surface area contributed by atoms with Crippen molar-refractivity contribution in [2.24, 2.45) is 0 Å². The molecule has 0 aromatic carbocycles. The summed E-state index contributed by atoms with van der Waals surface area (Å²) in [5, 5.41) is 4.32. The van der Waals surface area contributed by atoms with E-state index in [9.17, 15) is 0 Å². The first kappa shape index (κ1) is 12.5. The molecule has 0 saturated heterocycles. The minimum absolute atomic E-state index is 0.950. The van der Waals surface area contributed by atoms with Crippen LogP contribution in [0.15, 0.2) is 27.8 Å². The van der Waals surface area contributed by atoms with Crippen LogP contribution in [0.25, 0.3) is 0 Å². The van der Waals surface area contributed by atoms with Crippen molar-refractivity contribution in [1.29, 1.82) is 0 Å². The number of rotatable bonds is 6. The lowest BCUT2D eigenvalue weighted by Crippen LogP contribution is -1.97. The Morgan fingerprint density at radius 3 is 3.12 bits per heavy atom. The molecule has 0 aliphatic heterocycles. The third kappa shape index (κ3) is 3.51. The number of aromatic nitrogens is 1. The summed E-state index contributed by atoms with van der Waals surface area (Å²) in [6.45, 7) is 5.13. The molecule has 2 aromatic rings. The predicted octanol–water partition coefficient (Wildman–Crippen LogP) is 4.16. The highest BCUT2D eigenvalue weighted by atomic mass is 32.2. The molecule has 0 radical (unpaired) electrons. The number of nitrogens with zero attached hydrogens (tertiary/aromatic N) is 1. The Kier molecular flexibility index (Phi) is 4.50. The molecule has 0 unspecified atom stereocenters. The average molecular weight is 268 g/mol. The second-order valence-corrected chi connectivity index (χ2v) is 5.82. The van der Waals surface area contributed by atoms with Crippen LogP contribution in [0, 0.1) is 6.92 Å². The molecule has 0 saturated carbocycles. The zero-order valence-corrected chi connectivity index (χ0v) is 11.7. The van der Waals surface area contributed by atoms with E-state index in [1.54, 1.807) is 29.4 Å². The fourth-order valence-electron chi connectivity index (χ4n) is 1.36. The van der Waals surface area contributed by atoms with Crippen molar-refractivity contribution in [1.82, 2.24) is 4.98 Å². The maximum Gasteiger partial charge on any atom is 0.182 e. The summed E-state index contributed by atoms with van der Waals surface area (Å²) in [4.78, 5) is 6.84. The van der Waals surface area contributed by atoms with Gasteiger partial charge < -0.3 is 9.73 Å². The molecule has 2 aromatic heterocycles. The van der Waals surface area contributed by atoms with Crippen LogP contribution < -0.4 is 5.32 Å². The summed E-state index contributed by atoms with van der Waals surface area (Å²) in [6.07, 6.45) is 4.81. The van der Waals surface area contributed by atoms with Gasteiger partial charge in [-0.1, -0.05) is 6.92 Å². The van der Waals surface area contributed by atoms with E-state index >= 15 is 0 Å². The number of hydrogen-bond donors (Lipinski definition) is 1. The minimum Gasteiger partial charge on any atom is -0.468 e. The molecule has 0 aliphatic rings. The third-order valence-electron chi connectivity index (χ3n) is 2.26. The quantitative estimate of drug-likeness (QED) is 0.798. The smallest absolute Gasteiger partial charge is 0.182 e. The number of thioether (sulfide) groups is 1. The lowest BCUT2D eigenvalue weighted by atomic mass is 10.5. The molecule has 3 nitrogen and oxygen atoms in total. The number of aryl methyl sites for hydroxylation is 1. The molecule has 92 valence electrons. The molecule has 2 heterocycles. The van der Waals surface area contributed by atoms with Crippen molar-refractivity contribution in [3.05, 3.63) is 29.2 Å². The highest BCUT2D eigenvalue weighted by Crippen LogP contribution is 2.29. The van der Waals surface area contributed by atoms with Gasteiger partial charge in [-0.3, -0.25) is 0 Å². The highest BCUT2D eigenvalue weighted by molar-refractivity contribution is 7.98. The van der Waals surface area contributed by atoms with Gasteiger partial charge in [0, 0.05) is 28.3 Å². The van der Waals surface area contributed by atoms with Gasteiger partial charge in [-0.25, -0.2) is 4.98 Å². The van der Waals surface area contributed by atoms with Crippen LogP contribution in [-0.4, -0.2) is 11.5 Å². The van der Waals surface area contributed by atoms with E-state index in [1.807, 2.05) is 19.2 Å². The summed E-state index contributed by atoms with van der Waals surface area (Å²) in [6, 6.07) is 2.01. The average Bonchev–Trinajstić information content (AvgIpc) is 2.93. The Labute approximate surface area is 110 Å². The maximum atomic E-state index is 5.27. The standard InChI is InChI=1S/C12H16N2OS2/c1-3-5-13-12-14-7-10(17-12)8-16-11-4-6-15-9(11)2/h4,6-7H,3,5,8H2,1-2H3,(H,13,14). The van der Waals surface area contributed by atoms with Crippen molar-refractivity contribution < 1.29 is 4.42 Å². The van der Waals surface area contributed by atoms with E-state index in [0.29, 0.717) is 0 Å². The van der Waals surface area contributed by atoms with E-state index < -0.39 is 0 Å². The molecule has 0 aliphatic carbocycles. The number of anilines is 1. The van der Waals surface area contributed by atoms with Crippen LogP contribution in [0.2, 0.25) is 0 Å². The SMILES string of the molecule is CCCNc1ncc(CSc2ccoc2C)s1. The number of furan rings is 1. The first-order chi connectivity index (χ1) is 8.29. The Bertz CT molecular complexity index is 465. The topological polar surface area (TPSA) is 38.1 Å². The molecule has 0 bridgehead atoms. The lowest BCUT2D eigenvalue weighted by Gasteiger charge is -1.97. The molecule has 0 spiro atoms. The largest absolute Gasteiger partial charge is 0.468 e. The molecule has 5 heteroatoms. The third-order valence-corrected chi connectivity index (χ3v) is 4.59. The summed E-state index contributed by atoms with van der Waals surface area (Å²) in [7, 11) is 0. The number of hydrogen-bond acceptors (Lipinski definition) is 5. The van der Waals surface area contributed by atoms with Crippen LogP contribution in [0.3, 0.4) is 0 Å². The van der Waals surface area contributed by atoms with Gasteiger partial charge in [0.25, 0.3) is 0 Å². The van der Waals surface area contributed by atoms with E-state index in [0.717, 1.165) is 29.6 Å². The van der Waals surface area contributed by atoms with Crippen LogP contribution in [-0.2, 0) is 5.75 Å². The molecule has 0 atom stereocenters. The summed E-state index contributed by atoms with van der Waals surface area (Å²) in [5.74, 6) is 1.94. The van der Waals surface area contributed by atoms with E-state index in [1.165, 1.54) is 9.77 Å². The highest BCUT2D eigenvalue weighted by Gasteiger charge is 2.05. The fourth-order valence-corrected chi connectivity index (χ4v) is 3.18. The Balaban J connectivity index is 1.87. The van der Waals surface area contributed by atoms with E-state index in [2.05, 4.69) is 17.2 Å². The predicted molar refractivity (Wildman–Crippen MR) is 73.9 cm³/mol. The second kappa shape index (κ2) is 6.12. The summed E-state index contributed by atoms with van der Waals surface area (Å²) < 4.78 is 5.27. The minimum atomic E-state index is 0.950. The van der Waals surface area contributed by atoms with Gasteiger partial charge in [0.2, 0.25) is 0 Å². The molecule has 0 amide bonds. The van der Waals surface area contributed by atoms with Crippen LogP contribution in [0.4, 0.5) is 5.13 Å². The lowest BCUT2D eigenvalue weighted by molar-refractivity contribution is 0.527. The van der Waals surface area contributed by atoms with Crippen molar-refractivity contribution in [3.63, 3.8) is 0 Å². The van der Waals surface area contributed by atoms with Gasteiger partial charge in [-0.2, -0.15) is 0 Å². The van der Waals surface area contributed by atoms with Crippen LogP contribution >= 0.6 is 23.1 Å². The van der Waals surface area contributed by atoms with Crippen LogP contribution in [0.1, 0.15) is 24.0 Å². The monoisotopic (exact) mass is 268 g/mol. The van der Waals surface area contributed by atoms with Crippen molar-refractivity contribution in [2.45, 2.75) is 30.9 Å². The van der Waals surface area contributed by atoms with Crippen molar-refractivity contribution in [2.75, 3.05) is 11.9 Å². The zero-order chi connectivity index (χ0) is 12.1. The number of nitrogens with one attached hydrogen (secondary N) is 1. The first-order valence-electron chi connectivity index (χ1n) is 5.65. The Morgan fingerprint density at radius 2 is 2.41 bits per heavy atom. The Hall–Kier alpha value is -0.940. The van der Waals surface area contributed by atoms with Gasteiger partial charge >= 0.3 is 0 Å². The molecule has 17 heavy (non-hydrogen) atoms. The van der Waals surface area contributed by atoms with Crippen molar-refractivity contribution >= 4 is 28.2 Å². The van der Waals surface area contributed by atoms with E-state index in [-0.39, 0.29) is 0 Å². The van der Waals surface area contributed by atoms with Gasteiger partial charge in [0.15, 0.2) is 5.13 Å². The molecule has 1 N–H and O–H groups in total. The molecular formula is C12H16N2OS2. The molecule has 2 rings (SSSR count). The van der Waals surface area contributed by atoms with Gasteiger partial charge in [0.1, 0.15) is 5.76 Å². The second-order valence-electron chi connectivity index (χ2n) is 3.69. The molecular weight excluding hydrogens is 252 g/mol.